The normalized spacial score (nSPS) is 14.7. The molecule has 0 atom stereocenters. The van der Waals surface area contributed by atoms with E-state index in [1.807, 2.05) is 52.0 Å². The van der Waals surface area contributed by atoms with E-state index in [0.29, 0.717) is 39.1 Å². The average Bonchev–Trinajstić information content (AvgIpc) is 2.68. The van der Waals surface area contributed by atoms with E-state index >= 15 is 0 Å². The quantitative estimate of drug-likeness (QED) is 0.538. The van der Waals surface area contributed by atoms with Gasteiger partial charge in [0, 0.05) is 13.1 Å². The Balaban J connectivity index is 1.60. The van der Waals surface area contributed by atoms with Crippen LogP contribution in [0.2, 0.25) is 0 Å². The molecule has 2 rings (SSSR count). The van der Waals surface area contributed by atoms with Gasteiger partial charge in [0.25, 0.3) is 5.91 Å². The highest BCUT2D eigenvalue weighted by Gasteiger charge is 2.30. The highest BCUT2D eigenvalue weighted by Crippen LogP contribution is 2.20. The van der Waals surface area contributed by atoms with Crippen LogP contribution in [-0.2, 0) is 19.1 Å². The third-order valence-corrected chi connectivity index (χ3v) is 4.51. The minimum atomic E-state index is -0.550. The maximum atomic E-state index is 12.2. The molecular formula is C22H32N2O6. The molecule has 1 saturated heterocycles. The fourth-order valence-corrected chi connectivity index (χ4v) is 2.99. The molecule has 1 heterocycles. The van der Waals surface area contributed by atoms with Crippen LogP contribution in [0.25, 0.3) is 0 Å². The summed E-state index contributed by atoms with van der Waals surface area (Å²) in [5, 5.41) is 2.66. The van der Waals surface area contributed by atoms with E-state index in [2.05, 4.69) is 5.32 Å². The zero-order valence-corrected chi connectivity index (χ0v) is 18.2. The number of carbonyl (C=O) groups excluding carboxylic acids is 3. The Labute approximate surface area is 177 Å². The van der Waals surface area contributed by atoms with Crippen LogP contribution in [0.15, 0.2) is 24.3 Å². The molecule has 1 aromatic carbocycles. The topological polar surface area (TPSA) is 94.2 Å². The Kier molecular flexibility index (Phi) is 8.50. The van der Waals surface area contributed by atoms with Crippen molar-refractivity contribution in [3.8, 4) is 5.75 Å². The second-order valence-corrected chi connectivity index (χ2v) is 8.36. The van der Waals surface area contributed by atoms with Gasteiger partial charge in [-0.05, 0) is 58.2 Å². The summed E-state index contributed by atoms with van der Waals surface area (Å²) in [5.41, 5.74) is 0.547. The van der Waals surface area contributed by atoms with Gasteiger partial charge in [-0.2, -0.15) is 0 Å². The molecule has 1 aliphatic heterocycles. The molecule has 0 unspecified atom stereocenters. The molecule has 8 nitrogen and oxygen atoms in total. The number of carbonyl (C=O) groups is 3. The van der Waals surface area contributed by atoms with Crippen molar-refractivity contribution in [3.05, 3.63) is 29.8 Å². The van der Waals surface area contributed by atoms with E-state index in [4.69, 9.17) is 14.2 Å². The van der Waals surface area contributed by atoms with Crippen molar-refractivity contribution in [1.82, 2.24) is 10.2 Å². The lowest BCUT2D eigenvalue weighted by Crippen LogP contribution is -2.43. The summed E-state index contributed by atoms with van der Waals surface area (Å²) in [6.45, 7) is 8.59. The van der Waals surface area contributed by atoms with Gasteiger partial charge in [-0.25, -0.2) is 4.79 Å². The number of rotatable bonds is 7. The molecule has 1 N–H and O–H groups in total. The van der Waals surface area contributed by atoms with Gasteiger partial charge in [0.15, 0.2) is 6.61 Å². The third kappa shape index (κ3) is 8.31. The van der Waals surface area contributed by atoms with Crippen LogP contribution in [0.1, 0.15) is 39.2 Å². The van der Waals surface area contributed by atoms with Gasteiger partial charge < -0.3 is 24.4 Å². The first-order chi connectivity index (χ1) is 14.1. The molecule has 1 aromatic rings. The van der Waals surface area contributed by atoms with Crippen molar-refractivity contribution in [1.29, 1.82) is 0 Å². The number of aryl methyl sites for hydroxylation is 1. The number of likely N-dealkylation sites (tertiary alicyclic amines) is 1. The number of nitrogens with one attached hydrogen (secondary N) is 1. The van der Waals surface area contributed by atoms with Crippen molar-refractivity contribution in [2.24, 2.45) is 5.92 Å². The largest absolute Gasteiger partial charge is 0.492 e. The summed E-state index contributed by atoms with van der Waals surface area (Å²) >= 11 is 0. The summed E-state index contributed by atoms with van der Waals surface area (Å²) < 4.78 is 16.0. The lowest BCUT2D eigenvalue weighted by atomic mass is 9.97. The van der Waals surface area contributed by atoms with E-state index < -0.39 is 11.6 Å². The van der Waals surface area contributed by atoms with Crippen molar-refractivity contribution in [2.45, 2.75) is 46.1 Å². The van der Waals surface area contributed by atoms with Crippen LogP contribution in [0.5, 0.6) is 5.75 Å². The fourth-order valence-electron chi connectivity index (χ4n) is 2.99. The molecule has 8 heteroatoms. The minimum absolute atomic E-state index is 0.318. The Morgan fingerprint density at radius 1 is 1.17 bits per heavy atom. The number of ether oxygens (including phenoxy) is 3. The van der Waals surface area contributed by atoms with Gasteiger partial charge in [0.05, 0.1) is 12.5 Å². The molecule has 30 heavy (non-hydrogen) atoms. The number of piperidine rings is 1. The molecule has 166 valence electrons. The van der Waals surface area contributed by atoms with Gasteiger partial charge in [-0.3, -0.25) is 9.59 Å². The van der Waals surface area contributed by atoms with Crippen LogP contribution in [0.4, 0.5) is 4.79 Å². The Morgan fingerprint density at radius 3 is 2.50 bits per heavy atom. The molecule has 1 aliphatic rings. The molecule has 0 spiro atoms. The van der Waals surface area contributed by atoms with Crippen molar-refractivity contribution in [2.75, 3.05) is 32.8 Å². The molecule has 0 bridgehead atoms. The first-order valence-electron chi connectivity index (χ1n) is 10.2. The molecule has 0 radical (unpaired) electrons. The number of esters is 1. The summed E-state index contributed by atoms with van der Waals surface area (Å²) in [5.74, 6) is -0.359. The van der Waals surface area contributed by atoms with Crippen molar-refractivity contribution in [3.63, 3.8) is 0 Å². The smallest absolute Gasteiger partial charge is 0.410 e. The molecule has 2 amide bonds. The maximum Gasteiger partial charge on any atom is 0.410 e. The lowest BCUT2D eigenvalue weighted by molar-refractivity contribution is -0.154. The zero-order chi connectivity index (χ0) is 22.1. The average molecular weight is 421 g/mol. The Morgan fingerprint density at radius 2 is 1.87 bits per heavy atom. The molecule has 0 aromatic heterocycles. The fraction of sp³-hybridized carbons (Fsp3) is 0.591. The van der Waals surface area contributed by atoms with E-state index in [1.54, 1.807) is 4.90 Å². The summed E-state index contributed by atoms with van der Waals surface area (Å²) in [7, 11) is 0. The predicted molar refractivity (Wildman–Crippen MR) is 111 cm³/mol. The van der Waals surface area contributed by atoms with Crippen molar-refractivity contribution < 1.29 is 28.6 Å². The first-order valence-corrected chi connectivity index (χ1v) is 10.2. The van der Waals surface area contributed by atoms with Gasteiger partial charge in [0.1, 0.15) is 18.0 Å². The van der Waals surface area contributed by atoms with Crippen LogP contribution in [0.3, 0.4) is 0 Å². The van der Waals surface area contributed by atoms with E-state index in [9.17, 15) is 14.4 Å². The maximum absolute atomic E-state index is 12.2. The monoisotopic (exact) mass is 420 g/mol. The summed E-state index contributed by atoms with van der Waals surface area (Å²) in [4.78, 5) is 37.7. The Hall–Kier alpha value is -2.77. The zero-order valence-electron chi connectivity index (χ0n) is 18.2. The molecular weight excluding hydrogens is 388 g/mol. The van der Waals surface area contributed by atoms with Crippen LogP contribution in [0, 0.1) is 12.8 Å². The van der Waals surface area contributed by atoms with Gasteiger partial charge in [-0.1, -0.05) is 12.1 Å². The molecule has 0 aliphatic carbocycles. The van der Waals surface area contributed by atoms with Gasteiger partial charge in [-0.15, -0.1) is 0 Å². The van der Waals surface area contributed by atoms with E-state index in [0.717, 1.165) is 11.3 Å². The highest BCUT2D eigenvalue weighted by atomic mass is 16.6. The van der Waals surface area contributed by atoms with Crippen LogP contribution < -0.4 is 10.1 Å². The van der Waals surface area contributed by atoms with E-state index in [-0.39, 0.29) is 24.5 Å². The number of hydrogen-bond acceptors (Lipinski definition) is 6. The summed E-state index contributed by atoms with van der Waals surface area (Å²) in [6, 6.07) is 7.65. The van der Waals surface area contributed by atoms with Gasteiger partial charge in [0.2, 0.25) is 0 Å². The predicted octanol–water partition coefficient (Wildman–Crippen LogP) is 2.68. The van der Waals surface area contributed by atoms with Crippen LogP contribution >= 0.6 is 0 Å². The van der Waals surface area contributed by atoms with Crippen LogP contribution in [-0.4, -0.2) is 61.3 Å². The summed E-state index contributed by atoms with van der Waals surface area (Å²) in [6.07, 6.45) is 0.607. The highest BCUT2D eigenvalue weighted by molar-refractivity contribution is 5.81. The van der Waals surface area contributed by atoms with E-state index in [1.165, 1.54) is 0 Å². The second-order valence-electron chi connectivity index (χ2n) is 8.36. The number of nitrogens with zero attached hydrogens (tertiary/aromatic N) is 1. The lowest BCUT2D eigenvalue weighted by Gasteiger charge is -2.32. The van der Waals surface area contributed by atoms with Crippen molar-refractivity contribution >= 4 is 18.0 Å². The number of amides is 2. The SMILES string of the molecule is Cc1cccc(OCCNC(=O)COC(=O)C2CCN(C(=O)OC(C)(C)C)CC2)c1. The number of hydrogen-bond donors (Lipinski definition) is 1. The Bertz CT molecular complexity index is 735. The minimum Gasteiger partial charge on any atom is -0.492 e. The third-order valence-electron chi connectivity index (χ3n) is 4.51. The standard InChI is InChI=1S/C22H32N2O6/c1-16-6-5-7-18(14-16)28-13-10-23-19(25)15-29-20(26)17-8-11-24(12-9-17)21(27)30-22(2,3)4/h5-7,14,17H,8-13,15H2,1-4H3,(H,23,25). The second kappa shape index (κ2) is 10.8. The van der Waals surface area contributed by atoms with Gasteiger partial charge >= 0.3 is 12.1 Å². The number of benzene rings is 1. The molecule has 1 fully saturated rings. The molecule has 0 saturated carbocycles. The first kappa shape index (κ1) is 23.5.